The molecular formula is C19H22F2N2OS. The summed E-state index contributed by atoms with van der Waals surface area (Å²) in [7, 11) is 0. The summed E-state index contributed by atoms with van der Waals surface area (Å²) < 4.78 is 28.5. The van der Waals surface area contributed by atoms with Crippen LogP contribution in [-0.2, 0) is 6.42 Å². The van der Waals surface area contributed by atoms with E-state index in [2.05, 4.69) is 53.5 Å². The van der Waals surface area contributed by atoms with E-state index in [0.29, 0.717) is 23.3 Å². The molecular weight excluding hydrogens is 342 g/mol. The van der Waals surface area contributed by atoms with Crippen LogP contribution in [0, 0.1) is 0 Å². The van der Waals surface area contributed by atoms with Crippen molar-refractivity contribution in [2.75, 3.05) is 11.9 Å². The summed E-state index contributed by atoms with van der Waals surface area (Å²) in [6, 6.07) is 14.8. The fourth-order valence-corrected chi connectivity index (χ4v) is 2.50. The van der Waals surface area contributed by atoms with Gasteiger partial charge in [0, 0.05) is 12.2 Å². The predicted molar refractivity (Wildman–Crippen MR) is 102 cm³/mol. The molecule has 0 saturated heterocycles. The highest BCUT2D eigenvalue weighted by molar-refractivity contribution is 7.80. The van der Waals surface area contributed by atoms with Crippen molar-refractivity contribution in [1.82, 2.24) is 5.32 Å². The van der Waals surface area contributed by atoms with Crippen molar-refractivity contribution < 1.29 is 13.5 Å². The number of halogens is 2. The van der Waals surface area contributed by atoms with Gasteiger partial charge in [0.1, 0.15) is 5.75 Å². The summed E-state index contributed by atoms with van der Waals surface area (Å²) in [5.41, 5.74) is 3.28. The third-order valence-electron chi connectivity index (χ3n) is 3.68. The minimum absolute atomic E-state index is 0.115. The van der Waals surface area contributed by atoms with Gasteiger partial charge in [0.05, 0.1) is 0 Å². The Kier molecular flexibility index (Phi) is 7.13. The molecule has 0 bridgehead atoms. The lowest BCUT2D eigenvalue weighted by Crippen LogP contribution is -2.30. The van der Waals surface area contributed by atoms with Gasteiger partial charge in [-0.15, -0.1) is 0 Å². The van der Waals surface area contributed by atoms with Crippen LogP contribution in [0.15, 0.2) is 48.5 Å². The number of benzene rings is 2. The molecule has 0 unspecified atom stereocenters. The molecule has 0 aliphatic carbocycles. The quantitative estimate of drug-likeness (QED) is 0.682. The molecule has 25 heavy (non-hydrogen) atoms. The summed E-state index contributed by atoms with van der Waals surface area (Å²) in [5, 5.41) is 6.63. The fourth-order valence-electron chi connectivity index (χ4n) is 2.28. The van der Waals surface area contributed by atoms with E-state index in [-0.39, 0.29) is 5.75 Å². The number of thiocarbonyl (C=S) groups is 1. The Labute approximate surface area is 152 Å². The van der Waals surface area contributed by atoms with E-state index in [1.807, 2.05) is 0 Å². The van der Waals surface area contributed by atoms with Crippen molar-refractivity contribution in [1.29, 1.82) is 0 Å². The van der Waals surface area contributed by atoms with Crippen molar-refractivity contribution in [3.8, 4) is 5.75 Å². The maximum atomic E-state index is 12.1. The third-order valence-corrected chi connectivity index (χ3v) is 3.93. The molecule has 2 N–H and O–H groups in total. The standard InChI is InChI=1S/C19H22F2N2OS/c1-13(2)15-5-3-14(4-6-15)11-12-22-19(25)23-16-7-9-17(10-8-16)24-18(20)21/h3-10,13,18H,11-12H2,1-2H3,(H2,22,23,25). The maximum Gasteiger partial charge on any atom is 0.387 e. The van der Waals surface area contributed by atoms with E-state index in [1.54, 1.807) is 12.1 Å². The summed E-state index contributed by atoms with van der Waals surface area (Å²) in [6.07, 6.45) is 0.862. The first kappa shape index (κ1) is 19.1. The highest BCUT2D eigenvalue weighted by atomic mass is 32.1. The Balaban J connectivity index is 1.75. The van der Waals surface area contributed by atoms with Gasteiger partial charge in [-0.1, -0.05) is 38.1 Å². The average Bonchev–Trinajstić information content (AvgIpc) is 2.56. The fraction of sp³-hybridized carbons (Fsp3) is 0.316. The molecule has 0 saturated carbocycles. The van der Waals surface area contributed by atoms with Gasteiger partial charge in [0.2, 0.25) is 0 Å². The van der Waals surface area contributed by atoms with Gasteiger partial charge in [-0.05, 0) is 59.9 Å². The normalized spacial score (nSPS) is 10.8. The second kappa shape index (κ2) is 9.32. The lowest BCUT2D eigenvalue weighted by atomic mass is 10.0. The topological polar surface area (TPSA) is 33.3 Å². The molecule has 0 radical (unpaired) electrons. The number of hydrogen-bond donors (Lipinski definition) is 2. The smallest absolute Gasteiger partial charge is 0.387 e. The molecule has 0 spiro atoms. The largest absolute Gasteiger partial charge is 0.435 e. The SMILES string of the molecule is CC(C)c1ccc(CCNC(=S)Nc2ccc(OC(F)F)cc2)cc1. The molecule has 0 aromatic heterocycles. The van der Waals surface area contributed by atoms with Crippen LogP contribution in [-0.4, -0.2) is 18.3 Å². The lowest BCUT2D eigenvalue weighted by Gasteiger charge is -2.12. The van der Waals surface area contributed by atoms with Crippen LogP contribution in [0.3, 0.4) is 0 Å². The Hall–Kier alpha value is -2.21. The molecule has 2 rings (SSSR count). The number of nitrogens with one attached hydrogen (secondary N) is 2. The van der Waals surface area contributed by atoms with Gasteiger partial charge in [-0.25, -0.2) is 0 Å². The minimum Gasteiger partial charge on any atom is -0.435 e. The molecule has 3 nitrogen and oxygen atoms in total. The first-order valence-corrected chi connectivity index (χ1v) is 8.53. The monoisotopic (exact) mass is 364 g/mol. The summed E-state index contributed by atoms with van der Waals surface area (Å²) in [6.45, 7) is 2.23. The Morgan fingerprint density at radius 1 is 1.04 bits per heavy atom. The minimum atomic E-state index is -2.82. The van der Waals surface area contributed by atoms with E-state index >= 15 is 0 Å². The van der Waals surface area contributed by atoms with Gasteiger partial charge in [0.25, 0.3) is 0 Å². The lowest BCUT2D eigenvalue weighted by molar-refractivity contribution is -0.0498. The van der Waals surface area contributed by atoms with Crippen LogP contribution in [0.2, 0.25) is 0 Å². The van der Waals surface area contributed by atoms with Crippen LogP contribution in [0.4, 0.5) is 14.5 Å². The first-order valence-electron chi connectivity index (χ1n) is 8.12. The zero-order chi connectivity index (χ0) is 18.2. The van der Waals surface area contributed by atoms with Crippen molar-refractivity contribution in [3.63, 3.8) is 0 Å². The molecule has 6 heteroatoms. The van der Waals surface area contributed by atoms with Gasteiger partial charge in [0.15, 0.2) is 5.11 Å². The second-order valence-electron chi connectivity index (χ2n) is 5.93. The zero-order valence-corrected chi connectivity index (χ0v) is 15.1. The number of anilines is 1. The van der Waals surface area contributed by atoms with Crippen molar-refractivity contribution >= 4 is 23.0 Å². The molecule has 2 aromatic carbocycles. The van der Waals surface area contributed by atoms with Gasteiger partial charge < -0.3 is 15.4 Å². The molecule has 0 atom stereocenters. The van der Waals surface area contributed by atoms with E-state index < -0.39 is 6.61 Å². The van der Waals surface area contributed by atoms with Gasteiger partial charge >= 0.3 is 6.61 Å². The molecule has 0 aliphatic heterocycles. The van der Waals surface area contributed by atoms with Crippen molar-refractivity contribution in [2.24, 2.45) is 0 Å². The Morgan fingerprint density at radius 3 is 2.24 bits per heavy atom. The van der Waals surface area contributed by atoms with Crippen molar-refractivity contribution in [3.05, 3.63) is 59.7 Å². The molecule has 0 heterocycles. The first-order chi connectivity index (χ1) is 11.9. The van der Waals surface area contributed by atoms with Crippen molar-refractivity contribution in [2.45, 2.75) is 32.8 Å². The van der Waals surface area contributed by atoms with Gasteiger partial charge in [-0.3, -0.25) is 0 Å². The van der Waals surface area contributed by atoms with Crippen LogP contribution in [0.25, 0.3) is 0 Å². The summed E-state index contributed by atoms with van der Waals surface area (Å²) >= 11 is 5.24. The predicted octanol–water partition coefficient (Wildman–Crippen LogP) is 4.94. The van der Waals surface area contributed by atoms with E-state index in [4.69, 9.17) is 12.2 Å². The number of rotatable bonds is 7. The Bertz CT molecular complexity index is 673. The van der Waals surface area contributed by atoms with Crippen LogP contribution in [0.1, 0.15) is 30.9 Å². The second-order valence-corrected chi connectivity index (χ2v) is 6.34. The molecule has 0 aliphatic rings. The Morgan fingerprint density at radius 2 is 1.68 bits per heavy atom. The molecule has 0 amide bonds. The summed E-state index contributed by atoms with van der Waals surface area (Å²) in [5.74, 6) is 0.644. The number of alkyl halides is 2. The van der Waals surface area contributed by atoms with Crippen LogP contribution in [0.5, 0.6) is 5.75 Å². The third kappa shape index (κ3) is 6.66. The van der Waals surface area contributed by atoms with E-state index in [0.717, 1.165) is 6.42 Å². The average molecular weight is 364 g/mol. The van der Waals surface area contributed by atoms with Crippen LogP contribution < -0.4 is 15.4 Å². The highest BCUT2D eigenvalue weighted by Crippen LogP contribution is 2.17. The number of ether oxygens (including phenoxy) is 1. The van der Waals surface area contributed by atoms with Crippen LogP contribution >= 0.6 is 12.2 Å². The summed E-state index contributed by atoms with van der Waals surface area (Å²) in [4.78, 5) is 0. The zero-order valence-electron chi connectivity index (χ0n) is 14.3. The molecule has 134 valence electrons. The molecule has 2 aromatic rings. The maximum absolute atomic E-state index is 12.1. The van der Waals surface area contributed by atoms with E-state index in [1.165, 1.54) is 23.3 Å². The van der Waals surface area contributed by atoms with E-state index in [9.17, 15) is 8.78 Å². The molecule has 0 fully saturated rings. The highest BCUT2D eigenvalue weighted by Gasteiger charge is 2.04. The number of hydrogen-bond acceptors (Lipinski definition) is 2. The van der Waals surface area contributed by atoms with Gasteiger partial charge in [-0.2, -0.15) is 8.78 Å².